The van der Waals surface area contributed by atoms with E-state index >= 15 is 0 Å². The Morgan fingerprint density at radius 2 is 1.73 bits per heavy atom. The van der Waals surface area contributed by atoms with Crippen LogP contribution in [0.4, 0.5) is 0 Å². The van der Waals surface area contributed by atoms with Crippen LogP contribution < -0.4 is 0 Å². The van der Waals surface area contributed by atoms with Gasteiger partial charge in [-0.3, -0.25) is 0 Å². The second-order valence-corrected chi connectivity index (χ2v) is 3.84. The SMILES string of the molecule is C[C](=[Ni])OC(C)(C)C.[CH2-]CC. The molecule has 0 N–H and O–H groups in total. The third-order valence-electron chi connectivity index (χ3n) is 0.441. The normalized spacial score (nSPS) is 10.2. The molecule has 0 unspecified atom stereocenters. The van der Waals surface area contributed by atoms with Crippen LogP contribution in [0.25, 0.3) is 0 Å². The van der Waals surface area contributed by atoms with E-state index in [4.69, 9.17) is 4.74 Å². The third-order valence-corrected chi connectivity index (χ3v) is 0.541. The molecule has 0 heterocycles. The monoisotopic (exact) mass is 201 g/mol. The van der Waals surface area contributed by atoms with Gasteiger partial charge in [-0.25, -0.2) is 0 Å². The van der Waals surface area contributed by atoms with Crippen LogP contribution in [0.5, 0.6) is 0 Å². The number of hydrogen-bond acceptors (Lipinski definition) is 1. The summed E-state index contributed by atoms with van der Waals surface area (Å²) in [5.74, 6) is 0. The van der Waals surface area contributed by atoms with E-state index in [-0.39, 0.29) is 5.60 Å². The van der Waals surface area contributed by atoms with E-state index in [1.165, 1.54) is 0 Å². The average molecular weight is 202 g/mol. The average Bonchev–Trinajstić information content (AvgIpc) is 1.57. The molecule has 0 bridgehead atoms. The summed E-state index contributed by atoms with van der Waals surface area (Å²) >= 11 is 4.45. The summed E-state index contributed by atoms with van der Waals surface area (Å²) in [6.45, 7) is 13.2. The van der Waals surface area contributed by atoms with Gasteiger partial charge in [0.1, 0.15) is 0 Å². The van der Waals surface area contributed by atoms with Gasteiger partial charge in [-0.1, -0.05) is 6.92 Å². The van der Waals surface area contributed by atoms with Gasteiger partial charge in [0.15, 0.2) is 0 Å². The fraction of sp³-hybridized carbons (Fsp3) is 0.778. The van der Waals surface area contributed by atoms with Crippen LogP contribution >= 0.6 is 0 Å². The Hall–Kier alpha value is 0.324. The van der Waals surface area contributed by atoms with Crippen molar-refractivity contribution in [3.63, 3.8) is 0 Å². The van der Waals surface area contributed by atoms with Gasteiger partial charge in [-0.15, -0.1) is 0 Å². The first kappa shape index (κ1) is 13.9. The van der Waals surface area contributed by atoms with Gasteiger partial charge in [0.25, 0.3) is 0 Å². The molecule has 0 radical (unpaired) electrons. The number of rotatable bonds is 1. The van der Waals surface area contributed by atoms with Gasteiger partial charge in [-0.05, 0) is 0 Å². The molecule has 0 aliphatic carbocycles. The van der Waals surface area contributed by atoms with E-state index in [1.807, 2.05) is 27.7 Å². The summed E-state index contributed by atoms with van der Waals surface area (Å²) in [6.07, 6.45) is 1.00. The maximum atomic E-state index is 5.19. The van der Waals surface area contributed by atoms with E-state index in [0.717, 1.165) is 6.42 Å². The molecule has 0 atom stereocenters. The molecule has 0 saturated heterocycles. The van der Waals surface area contributed by atoms with Crippen LogP contribution in [-0.2, 0) is 19.8 Å². The molecule has 0 spiro atoms. The zero-order valence-electron chi connectivity index (χ0n) is 8.14. The fourth-order valence-electron chi connectivity index (χ4n) is 0.403. The van der Waals surface area contributed by atoms with Gasteiger partial charge >= 0.3 is 57.7 Å². The smallest absolute Gasteiger partial charge is 0.0927 e. The second kappa shape index (κ2) is 7.00. The van der Waals surface area contributed by atoms with Crippen molar-refractivity contribution in [1.82, 2.24) is 0 Å². The van der Waals surface area contributed by atoms with Gasteiger partial charge in [0.2, 0.25) is 0 Å². The predicted molar refractivity (Wildman–Crippen MR) is 47.2 cm³/mol. The van der Waals surface area contributed by atoms with Gasteiger partial charge < -0.3 is 6.92 Å². The van der Waals surface area contributed by atoms with Crippen molar-refractivity contribution < 1.29 is 19.8 Å². The first-order valence-electron chi connectivity index (χ1n) is 3.77. The molecule has 0 aromatic rings. The summed E-state index contributed by atoms with van der Waals surface area (Å²) in [5.41, 5.74) is -0.109. The maximum Gasteiger partial charge on any atom is -0.0927 e. The van der Waals surface area contributed by atoms with Crippen molar-refractivity contribution in [3.05, 3.63) is 6.92 Å². The Balaban J connectivity index is 0. The minimum atomic E-state index is -0.109. The number of hydrogen-bond donors (Lipinski definition) is 0. The molecule has 2 heteroatoms. The van der Waals surface area contributed by atoms with Gasteiger partial charge in [0.05, 0.1) is 0 Å². The third kappa shape index (κ3) is 25.2. The first-order valence-corrected chi connectivity index (χ1v) is 4.27. The minimum Gasteiger partial charge on any atom is -0.344 e. The molecule has 72 valence electrons. The molecule has 0 aliphatic rings. The van der Waals surface area contributed by atoms with Crippen LogP contribution in [0, 0.1) is 6.92 Å². The first-order chi connectivity index (χ1) is 4.83. The maximum absolute atomic E-state index is 5.19. The molecular formula is C9H19NiO-. The van der Waals surface area contributed by atoms with Gasteiger partial charge in [0, 0.05) is 0 Å². The van der Waals surface area contributed by atoms with Crippen molar-refractivity contribution in [3.8, 4) is 0 Å². The zero-order chi connectivity index (χ0) is 9.49. The summed E-state index contributed by atoms with van der Waals surface area (Å²) < 4.78 is 5.84. The zero-order valence-corrected chi connectivity index (χ0v) is 9.13. The van der Waals surface area contributed by atoms with E-state index in [2.05, 4.69) is 22.0 Å². The van der Waals surface area contributed by atoms with Crippen LogP contribution in [0.2, 0.25) is 0 Å². The van der Waals surface area contributed by atoms with Crippen molar-refractivity contribution in [2.75, 3.05) is 0 Å². The van der Waals surface area contributed by atoms with Crippen molar-refractivity contribution in [2.24, 2.45) is 0 Å². The molecule has 11 heavy (non-hydrogen) atoms. The van der Waals surface area contributed by atoms with Crippen LogP contribution in [-0.4, -0.2) is 10.3 Å². The Labute approximate surface area is 78.4 Å². The number of ether oxygens (including phenoxy) is 1. The Bertz CT molecular complexity index is 103. The van der Waals surface area contributed by atoms with Crippen molar-refractivity contribution in [1.29, 1.82) is 0 Å². The minimum absolute atomic E-state index is 0.109. The standard InChI is InChI=1S/C6H12O.C3H7.Ni/c1-5-7-6(2,3)4;1-3-2;/h1-4H3;1,3H2,2H3;/q;-1;. The second-order valence-electron chi connectivity index (χ2n) is 3.14. The fourth-order valence-corrected chi connectivity index (χ4v) is 0.705. The Morgan fingerprint density at radius 3 is 1.73 bits per heavy atom. The summed E-state index contributed by atoms with van der Waals surface area (Å²) in [5, 5.41) is 0. The summed E-state index contributed by atoms with van der Waals surface area (Å²) in [6, 6.07) is 0. The van der Waals surface area contributed by atoms with E-state index in [9.17, 15) is 0 Å². The van der Waals surface area contributed by atoms with E-state index in [0.29, 0.717) is 4.68 Å². The Kier molecular flexibility index (Phi) is 8.83. The Morgan fingerprint density at radius 1 is 1.45 bits per heavy atom. The van der Waals surface area contributed by atoms with Gasteiger partial charge in [-0.2, -0.15) is 6.42 Å². The van der Waals surface area contributed by atoms with E-state index in [1.54, 1.807) is 6.92 Å². The summed E-state index contributed by atoms with van der Waals surface area (Å²) in [7, 11) is 0. The molecule has 0 aromatic carbocycles. The molecule has 0 amide bonds. The molecule has 1 nitrogen and oxygen atoms in total. The molecule has 0 saturated carbocycles. The largest absolute Gasteiger partial charge is 0.344 e. The van der Waals surface area contributed by atoms with Crippen molar-refractivity contribution >= 4 is 4.68 Å². The van der Waals surface area contributed by atoms with Crippen molar-refractivity contribution in [2.45, 2.75) is 46.6 Å². The van der Waals surface area contributed by atoms with E-state index < -0.39 is 0 Å². The molecular weight excluding hydrogens is 183 g/mol. The predicted octanol–water partition coefficient (Wildman–Crippen LogP) is 2.73. The van der Waals surface area contributed by atoms with Crippen LogP contribution in [0.15, 0.2) is 0 Å². The van der Waals surface area contributed by atoms with Crippen LogP contribution in [0.1, 0.15) is 41.0 Å². The molecule has 0 aliphatic heterocycles. The molecule has 0 rings (SSSR count). The topological polar surface area (TPSA) is 9.23 Å². The quantitative estimate of drug-likeness (QED) is 0.469. The van der Waals surface area contributed by atoms with Crippen LogP contribution in [0.3, 0.4) is 0 Å². The molecule has 0 aromatic heterocycles. The summed E-state index contributed by atoms with van der Waals surface area (Å²) in [4.78, 5) is 0. The molecule has 0 fully saturated rings.